The minimum Gasteiger partial charge on any atom is -0.387 e. The molecule has 1 amide bonds. The van der Waals surface area contributed by atoms with Crippen molar-refractivity contribution in [1.29, 1.82) is 0 Å². The van der Waals surface area contributed by atoms with E-state index in [9.17, 15) is 9.90 Å². The van der Waals surface area contributed by atoms with Crippen molar-refractivity contribution < 1.29 is 9.90 Å². The third kappa shape index (κ3) is 2.45. The number of β-amino-alcohol motifs (C(OH)–C–C–N with tert-alkyl or cyclic N) is 1. The molecule has 2 atom stereocenters. The lowest BCUT2D eigenvalue weighted by atomic mass is 9.88. The Balaban J connectivity index is 1.71. The first-order valence-electron chi connectivity index (χ1n) is 8.39. The maximum absolute atomic E-state index is 12.6. The molecule has 5 heteroatoms. The first-order chi connectivity index (χ1) is 10.4. The third-order valence-corrected chi connectivity index (χ3v) is 5.60. The summed E-state index contributed by atoms with van der Waals surface area (Å²) in [4.78, 5) is 14.4. The molecule has 3 rings (SSSR count). The first-order valence-corrected chi connectivity index (χ1v) is 8.39. The fourth-order valence-corrected chi connectivity index (χ4v) is 3.95. The van der Waals surface area contributed by atoms with E-state index < -0.39 is 5.60 Å². The van der Waals surface area contributed by atoms with Crippen molar-refractivity contribution in [3.8, 4) is 0 Å². The normalized spacial score (nSPS) is 28.4. The van der Waals surface area contributed by atoms with E-state index in [1.807, 2.05) is 23.4 Å². The van der Waals surface area contributed by atoms with Gasteiger partial charge in [0.2, 0.25) is 5.91 Å². The van der Waals surface area contributed by atoms with E-state index in [1.54, 1.807) is 0 Å². The molecule has 1 aliphatic heterocycles. The molecule has 122 valence electrons. The summed E-state index contributed by atoms with van der Waals surface area (Å²) in [5.74, 6) is 0.618. The number of aryl methyl sites for hydroxylation is 1. The summed E-state index contributed by atoms with van der Waals surface area (Å²) in [6.07, 6.45) is 3.13. The summed E-state index contributed by atoms with van der Waals surface area (Å²) in [7, 11) is 0. The van der Waals surface area contributed by atoms with Crippen molar-refractivity contribution in [1.82, 2.24) is 14.7 Å². The van der Waals surface area contributed by atoms with Crippen molar-refractivity contribution in [3.05, 3.63) is 17.0 Å². The molecule has 0 unspecified atom stereocenters. The van der Waals surface area contributed by atoms with Gasteiger partial charge in [-0.25, -0.2) is 0 Å². The molecule has 1 saturated heterocycles. The molecule has 1 aromatic heterocycles. The second kappa shape index (κ2) is 5.37. The number of hydrogen-bond donors (Lipinski definition) is 1. The van der Waals surface area contributed by atoms with Gasteiger partial charge in [0.25, 0.3) is 0 Å². The Morgan fingerprint density at radius 1 is 1.41 bits per heavy atom. The van der Waals surface area contributed by atoms with Crippen LogP contribution in [0.3, 0.4) is 0 Å². The SMILES string of the molecule is CCc1c(C)nn(CC(=O)N2C[C@@H](C)[C@](O)(C3CC3)C2)c1C. The van der Waals surface area contributed by atoms with Crippen molar-refractivity contribution in [2.24, 2.45) is 11.8 Å². The van der Waals surface area contributed by atoms with Gasteiger partial charge in [0.05, 0.1) is 17.8 Å². The zero-order valence-corrected chi connectivity index (χ0v) is 14.1. The van der Waals surface area contributed by atoms with E-state index >= 15 is 0 Å². The van der Waals surface area contributed by atoms with Crippen molar-refractivity contribution in [3.63, 3.8) is 0 Å². The second-order valence-corrected chi connectivity index (χ2v) is 7.10. The van der Waals surface area contributed by atoms with Crippen LogP contribution in [0.2, 0.25) is 0 Å². The number of rotatable bonds is 4. The van der Waals surface area contributed by atoms with Gasteiger partial charge in [0.15, 0.2) is 0 Å². The van der Waals surface area contributed by atoms with E-state index in [4.69, 9.17) is 0 Å². The van der Waals surface area contributed by atoms with E-state index in [0.717, 1.165) is 30.7 Å². The summed E-state index contributed by atoms with van der Waals surface area (Å²) in [5.41, 5.74) is 2.66. The Labute approximate surface area is 132 Å². The van der Waals surface area contributed by atoms with Gasteiger partial charge in [-0.2, -0.15) is 5.10 Å². The summed E-state index contributed by atoms with van der Waals surface area (Å²) in [5, 5.41) is 15.3. The molecule has 5 nitrogen and oxygen atoms in total. The molecule has 1 aliphatic carbocycles. The van der Waals surface area contributed by atoms with Crippen molar-refractivity contribution in [2.75, 3.05) is 13.1 Å². The zero-order valence-electron chi connectivity index (χ0n) is 14.1. The van der Waals surface area contributed by atoms with Crippen molar-refractivity contribution in [2.45, 2.75) is 59.1 Å². The summed E-state index contributed by atoms with van der Waals surface area (Å²) < 4.78 is 1.82. The standard InChI is InChI=1S/C17H27N3O2/c1-5-15-12(3)18-20(13(15)4)9-16(21)19-8-11(2)17(22,10-19)14-6-7-14/h11,14,22H,5-10H2,1-4H3/t11-,17+/m1/s1. The van der Waals surface area contributed by atoms with Crippen LogP contribution >= 0.6 is 0 Å². The number of likely N-dealkylation sites (tertiary alicyclic amines) is 1. The summed E-state index contributed by atoms with van der Waals surface area (Å²) in [6.45, 7) is 9.62. The van der Waals surface area contributed by atoms with Gasteiger partial charge in [-0.3, -0.25) is 9.48 Å². The number of aromatic nitrogens is 2. The third-order valence-electron chi connectivity index (χ3n) is 5.60. The van der Waals surface area contributed by atoms with Gasteiger partial charge in [-0.1, -0.05) is 13.8 Å². The average Bonchev–Trinajstić information content (AvgIpc) is 3.22. The maximum atomic E-state index is 12.6. The highest BCUT2D eigenvalue weighted by Crippen LogP contribution is 2.47. The average molecular weight is 305 g/mol. The molecular weight excluding hydrogens is 278 g/mol. The van der Waals surface area contributed by atoms with E-state index in [2.05, 4.69) is 18.9 Å². The molecule has 1 N–H and O–H groups in total. The Kier molecular flexibility index (Phi) is 3.79. The smallest absolute Gasteiger partial charge is 0.244 e. The van der Waals surface area contributed by atoms with E-state index in [-0.39, 0.29) is 18.4 Å². The molecule has 0 bridgehead atoms. The van der Waals surface area contributed by atoms with Crippen LogP contribution in [-0.2, 0) is 17.8 Å². The van der Waals surface area contributed by atoms with E-state index in [1.165, 1.54) is 5.56 Å². The number of nitrogens with zero attached hydrogens (tertiary/aromatic N) is 3. The van der Waals surface area contributed by atoms with Crippen LogP contribution in [0.1, 0.15) is 43.6 Å². The molecule has 1 saturated carbocycles. The van der Waals surface area contributed by atoms with Gasteiger partial charge in [0, 0.05) is 18.2 Å². The zero-order chi connectivity index (χ0) is 16.1. The summed E-state index contributed by atoms with van der Waals surface area (Å²) >= 11 is 0. The molecule has 0 radical (unpaired) electrons. The number of aliphatic hydroxyl groups is 1. The quantitative estimate of drug-likeness (QED) is 0.921. The molecule has 2 aliphatic rings. The van der Waals surface area contributed by atoms with Gasteiger partial charge >= 0.3 is 0 Å². The lowest BCUT2D eigenvalue weighted by Gasteiger charge is -2.26. The lowest BCUT2D eigenvalue weighted by molar-refractivity contribution is -0.132. The maximum Gasteiger partial charge on any atom is 0.244 e. The number of amides is 1. The fourth-order valence-electron chi connectivity index (χ4n) is 3.95. The minimum atomic E-state index is -0.667. The van der Waals surface area contributed by atoms with Gasteiger partial charge in [0.1, 0.15) is 6.54 Å². The molecular formula is C17H27N3O2. The second-order valence-electron chi connectivity index (χ2n) is 7.10. The van der Waals surface area contributed by atoms with Gasteiger partial charge in [-0.15, -0.1) is 0 Å². The highest BCUT2D eigenvalue weighted by Gasteiger charge is 2.53. The predicted molar refractivity (Wildman–Crippen MR) is 84.5 cm³/mol. The lowest BCUT2D eigenvalue weighted by Crippen LogP contribution is -2.41. The van der Waals surface area contributed by atoms with Gasteiger partial charge < -0.3 is 10.0 Å². The van der Waals surface area contributed by atoms with Crippen LogP contribution < -0.4 is 0 Å². The highest BCUT2D eigenvalue weighted by atomic mass is 16.3. The van der Waals surface area contributed by atoms with Crippen LogP contribution in [0.5, 0.6) is 0 Å². The summed E-state index contributed by atoms with van der Waals surface area (Å²) in [6, 6.07) is 0. The van der Waals surface area contributed by atoms with Crippen LogP contribution in [0.15, 0.2) is 0 Å². The topological polar surface area (TPSA) is 58.4 Å². The van der Waals surface area contributed by atoms with Crippen LogP contribution in [0.4, 0.5) is 0 Å². The van der Waals surface area contributed by atoms with Crippen LogP contribution in [0.25, 0.3) is 0 Å². The van der Waals surface area contributed by atoms with Gasteiger partial charge in [-0.05, 0) is 44.6 Å². The molecule has 2 fully saturated rings. The largest absolute Gasteiger partial charge is 0.387 e. The first kappa shape index (κ1) is 15.5. The molecule has 0 aromatic carbocycles. The minimum absolute atomic E-state index is 0.0664. The predicted octanol–water partition coefficient (Wildman–Crippen LogP) is 1.68. The number of hydrogen-bond acceptors (Lipinski definition) is 3. The Bertz CT molecular complexity index is 591. The fraction of sp³-hybridized carbons (Fsp3) is 0.765. The Morgan fingerprint density at radius 3 is 2.64 bits per heavy atom. The highest BCUT2D eigenvalue weighted by molar-refractivity contribution is 5.76. The number of carbonyl (C=O) groups is 1. The molecule has 1 aromatic rings. The van der Waals surface area contributed by atoms with Crippen molar-refractivity contribution >= 4 is 5.91 Å². The molecule has 22 heavy (non-hydrogen) atoms. The van der Waals surface area contributed by atoms with Crippen LogP contribution in [-0.4, -0.2) is 44.4 Å². The number of carbonyl (C=O) groups excluding carboxylic acids is 1. The molecule has 0 spiro atoms. The van der Waals surface area contributed by atoms with Crippen LogP contribution in [0, 0.1) is 25.7 Å². The Morgan fingerprint density at radius 2 is 2.09 bits per heavy atom. The van der Waals surface area contributed by atoms with E-state index in [0.29, 0.717) is 19.0 Å². The molecule has 2 heterocycles. The monoisotopic (exact) mass is 305 g/mol. The Hall–Kier alpha value is -1.36.